The second kappa shape index (κ2) is 7.41. The Kier molecular flexibility index (Phi) is 5.10. The smallest absolute Gasteiger partial charge is 0.304 e. The standard InChI is InChI=1S/C22H22FNO2S2/c1-4-13(3)28-22-19-16(21-12(2)6-8-27-21)10-15(23)11-17(19)24-7-5-14(20(22)24)9-18(25)26/h4,6,8,10-11,14H,5,7,9H2,1-3H3,(H,25,26)/b13-4+. The number of rotatable bonds is 5. The van der Waals surface area contributed by atoms with Crippen molar-refractivity contribution in [2.45, 2.75) is 51.0 Å². The van der Waals surface area contributed by atoms with Crippen LogP contribution in [0.1, 0.15) is 43.9 Å². The molecular weight excluding hydrogens is 393 g/mol. The van der Waals surface area contributed by atoms with Gasteiger partial charge in [0.05, 0.1) is 11.9 Å². The minimum Gasteiger partial charge on any atom is -0.481 e. The van der Waals surface area contributed by atoms with Gasteiger partial charge in [-0.05, 0) is 61.2 Å². The van der Waals surface area contributed by atoms with Crippen LogP contribution in [0.2, 0.25) is 0 Å². The van der Waals surface area contributed by atoms with Crippen molar-refractivity contribution >= 4 is 40.0 Å². The lowest BCUT2D eigenvalue weighted by molar-refractivity contribution is -0.137. The van der Waals surface area contributed by atoms with Crippen molar-refractivity contribution in [3.05, 3.63) is 51.6 Å². The highest BCUT2D eigenvalue weighted by Crippen LogP contribution is 2.50. The van der Waals surface area contributed by atoms with E-state index in [0.717, 1.165) is 55.4 Å². The first-order valence-electron chi connectivity index (χ1n) is 9.33. The van der Waals surface area contributed by atoms with E-state index in [1.165, 1.54) is 0 Å². The van der Waals surface area contributed by atoms with Crippen LogP contribution in [-0.4, -0.2) is 15.6 Å². The molecule has 1 aliphatic heterocycles. The molecule has 4 rings (SSSR count). The molecule has 0 amide bonds. The Bertz CT molecular complexity index is 1110. The third kappa shape index (κ3) is 3.18. The summed E-state index contributed by atoms with van der Waals surface area (Å²) in [4.78, 5) is 14.7. The minimum atomic E-state index is -0.789. The molecular formula is C22H22FNO2S2. The van der Waals surface area contributed by atoms with Gasteiger partial charge in [-0.3, -0.25) is 4.79 Å². The van der Waals surface area contributed by atoms with Crippen LogP contribution in [-0.2, 0) is 11.3 Å². The SMILES string of the molecule is C/C=C(\C)Sc1c2n(c3cc(F)cc(-c4sccc4C)c13)CCC2CC(=O)O. The summed E-state index contributed by atoms with van der Waals surface area (Å²) >= 11 is 3.29. The summed E-state index contributed by atoms with van der Waals surface area (Å²) in [5, 5.41) is 12.5. The van der Waals surface area contributed by atoms with Crippen molar-refractivity contribution in [1.82, 2.24) is 4.57 Å². The number of hydrogen-bond acceptors (Lipinski definition) is 3. The fourth-order valence-electron chi connectivity index (χ4n) is 4.05. The number of nitrogens with zero attached hydrogens (tertiary/aromatic N) is 1. The van der Waals surface area contributed by atoms with E-state index in [2.05, 4.69) is 23.6 Å². The van der Waals surface area contributed by atoms with Gasteiger partial charge in [-0.2, -0.15) is 0 Å². The van der Waals surface area contributed by atoms with Crippen LogP contribution in [0.4, 0.5) is 4.39 Å². The van der Waals surface area contributed by atoms with Crippen molar-refractivity contribution in [2.24, 2.45) is 0 Å². The van der Waals surface area contributed by atoms with Gasteiger partial charge >= 0.3 is 5.97 Å². The maximum atomic E-state index is 14.6. The molecule has 2 aromatic heterocycles. The van der Waals surface area contributed by atoms with Gasteiger partial charge in [0, 0.05) is 38.9 Å². The summed E-state index contributed by atoms with van der Waals surface area (Å²) in [6.45, 7) is 6.83. The van der Waals surface area contributed by atoms with E-state index in [-0.39, 0.29) is 18.2 Å². The van der Waals surface area contributed by atoms with Gasteiger partial charge < -0.3 is 9.67 Å². The monoisotopic (exact) mass is 415 g/mol. The molecule has 146 valence electrons. The quantitative estimate of drug-likeness (QED) is 0.466. The average Bonchev–Trinajstić information content (AvgIpc) is 3.31. The number of fused-ring (bicyclic) bond motifs is 3. The molecule has 0 bridgehead atoms. The highest BCUT2D eigenvalue weighted by molar-refractivity contribution is 8.03. The van der Waals surface area contributed by atoms with Gasteiger partial charge in [-0.1, -0.05) is 17.8 Å². The van der Waals surface area contributed by atoms with E-state index >= 15 is 0 Å². The molecule has 0 saturated heterocycles. The van der Waals surface area contributed by atoms with Crippen LogP contribution >= 0.6 is 23.1 Å². The van der Waals surface area contributed by atoms with Crippen LogP contribution in [0, 0.1) is 12.7 Å². The molecule has 3 nitrogen and oxygen atoms in total. The summed E-state index contributed by atoms with van der Waals surface area (Å²) in [6.07, 6.45) is 2.94. The summed E-state index contributed by atoms with van der Waals surface area (Å²) < 4.78 is 16.8. The van der Waals surface area contributed by atoms with E-state index in [9.17, 15) is 14.3 Å². The van der Waals surface area contributed by atoms with Gasteiger partial charge in [0.2, 0.25) is 0 Å². The van der Waals surface area contributed by atoms with Gasteiger partial charge in [0.15, 0.2) is 0 Å². The molecule has 1 aromatic carbocycles. The number of carboxylic acids is 1. The zero-order chi connectivity index (χ0) is 20.0. The number of carbonyl (C=O) groups is 1. The van der Waals surface area contributed by atoms with Gasteiger partial charge in [-0.25, -0.2) is 4.39 Å². The molecule has 0 fully saturated rings. The maximum Gasteiger partial charge on any atom is 0.304 e. The summed E-state index contributed by atoms with van der Waals surface area (Å²) in [5.74, 6) is -1.09. The molecule has 0 spiro atoms. The van der Waals surface area contributed by atoms with E-state index < -0.39 is 5.97 Å². The largest absolute Gasteiger partial charge is 0.481 e. The summed E-state index contributed by atoms with van der Waals surface area (Å²) in [5.41, 5.74) is 3.95. The lowest BCUT2D eigenvalue weighted by Crippen LogP contribution is -2.04. The van der Waals surface area contributed by atoms with E-state index in [4.69, 9.17) is 0 Å². The van der Waals surface area contributed by atoms with Crippen molar-refractivity contribution in [1.29, 1.82) is 0 Å². The Morgan fingerprint density at radius 2 is 2.25 bits per heavy atom. The zero-order valence-electron chi connectivity index (χ0n) is 16.1. The molecule has 1 unspecified atom stereocenters. The van der Waals surface area contributed by atoms with E-state index in [1.54, 1.807) is 35.2 Å². The molecule has 28 heavy (non-hydrogen) atoms. The number of benzene rings is 1. The minimum absolute atomic E-state index is 0.0441. The Morgan fingerprint density at radius 3 is 2.89 bits per heavy atom. The van der Waals surface area contributed by atoms with Crippen molar-refractivity contribution in [3.63, 3.8) is 0 Å². The topological polar surface area (TPSA) is 42.2 Å². The normalized spacial score (nSPS) is 16.7. The molecule has 6 heteroatoms. The summed E-state index contributed by atoms with van der Waals surface area (Å²) in [7, 11) is 0. The molecule has 1 atom stereocenters. The van der Waals surface area contributed by atoms with E-state index in [1.807, 2.05) is 19.2 Å². The van der Waals surface area contributed by atoms with Crippen molar-refractivity contribution in [3.8, 4) is 10.4 Å². The molecule has 3 aromatic rings. The third-order valence-corrected chi connectivity index (χ3v) is 7.63. The predicted molar refractivity (Wildman–Crippen MR) is 115 cm³/mol. The molecule has 0 aliphatic carbocycles. The van der Waals surface area contributed by atoms with Crippen LogP contribution < -0.4 is 0 Å². The Hall–Kier alpha value is -2.05. The Balaban J connectivity index is 2.05. The van der Waals surface area contributed by atoms with Gasteiger partial charge in [-0.15, -0.1) is 11.3 Å². The van der Waals surface area contributed by atoms with Gasteiger partial charge in [0.25, 0.3) is 0 Å². The molecule has 0 radical (unpaired) electrons. The van der Waals surface area contributed by atoms with Crippen LogP contribution in [0.25, 0.3) is 21.3 Å². The molecule has 0 saturated carbocycles. The third-order valence-electron chi connectivity index (χ3n) is 5.41. The summed E-state index contributed by atoms with van der Waals surface area (Å²) in [6, 6.07) is 5.28. The molecule has 1 aliphatic rings. The first-order chi connectivity index (χ1) is 13.4. The molecule has 1 N–H and O–H groups in total. The molecule has 3 heterocycles. The fraction of sp³-hybridized carbons (Fsp3) is 0.318. The Morgan fingerprint density at radius 1 is 1.46 bits per heavy atom. The number of halogens is 1. The number of aromatic nitrogens is 1. The number of aryl methyl sites for hydroxylation is 2. The predicted octanol–water partition coefficient (Wildman–Crippen LogP) is 6.80. The Labute approximate surface area is 171 Å². The lowest BCUT2D eigenvalue weighted by atomic mass is 9.98. The van der Waals surface area contributed by atoms with E-state index in [0.29, 0.717) is 0 Å². The second-order valence-electron chi connectivity index (χ2n) is 7.23. The van der Waals surface area contributed by atoms with Crippen molar-refractivity contribution in [2.75, 3.05) is 0 Å². The van der Waals surface area contributed by atoms with Gasteiger partial charge in [0.1, 0.15) is 5.82 Å². The number of carboxylic acid groups (broad SMARTS) is 1. The zero-order valence-corrected chi connectivity index (χ0v) is 17.7. The number of allylic oxidation sites excluding steroid dienone is 2. The highest BCUT2D eigenvalue weighted by atomic mass is 32.2. The highest BCUT2D eigenvalue weighted by Gasteiger charge is 2.33. The fourth-order valence-corrected chi connectivity index (χ4v) is 6.14. The first kappa shape index (κ1) is 19.3. The van der Waals surface area contributed by atoms with Crippen molar-refractivity contribution < 1.29 is 14.3 Å². The lowest BCUT2D eigenvalue weighted by Gasteiger charge is -2.12. The second-order valence-corrected chi connectivity index (χ2v) is 9.40. The number of hydrogen-bond donors (Lipinski definition) is 1. The number of thiophene rings is 1. The first-order valence-corrected chi connectivity index (χ1v) is 11.0. The average molecular weight is 416 g/mol. The number of thioether (sulfide) groups is 1. The van der Waals surface area contributed by atoms with Crippen LogP contribution in [0.5, 0.6) is 0 Å². The van der Waals surface area contributed by atoms with Crippen LogP contribution in [0.15, 0.2) is 39.5 Å². The number of aliphatic carboxylic acids is 1. The maximum absolute atomic E-state index is 14.6. The van der Waals surface area contributed by atoms with Crippen LogP contribution in [0.3, 0.4) is 0 Å².